The van der Waals surface area contributed by atoms with E-state index >= 15 is 0 Å². The van der Waals surface area contributed by atoms with E-state index in [1.165, 1.54) is 24.3 Å². The summed E-state index contributed by atoms with van der Waals surface area (Å²) in [5.41, 5.74) is -0.193. The molecule has 0 aliphatic heterocycles. The van der Waals surface area contributed by atoms with Gasteiger partial charge in [-0.05, 0) is 6.07 Å². The first-order chi connectivity index (χ1) is 6.90. The predicted octanol–water partition coefficient (Wildman–Crippen LogP) is 0.914. The highest BCUT2D eigenvalue weighted by Gasteiger charge is 2.14. The molecular formula is C7H7NO6S. The maximum Gasteiger partial charge on any atom is 0.397 e. The molecule has 0 aliphatic rings. The molecular weight excluding hydrogens is 226 g/mol. The minimum Gasteiger partial charge on any atom is -0.264 e. The third-order valence-corrected chi connectivity index (χ3v) is 1.97. The molecule has 1 rings (SSSR count). The van der Waals surface area contributed by atoms with Crippen LogP contribution in [0, 0.1) is 10.1 Å². The zero-order valence-corrected chi connectivity index (χ0v) is 8.18. The van der Waals surface area contributed by atoms with Crippen LogP contribution >= 0.6 is 0 Å². The van der Waals surface area contributed by atoms with Gasteiger partial charge in [-0.2, -0.15) is 8.42 Å². The molecule has 1 aromatic carbocycles. The monoisotopic (exact) mass is 233 g/mol. The lowest BCUT2D eigenvalue weighted by Gasteiger charge is -2.01. The van der Waals surface area contributed by atoms with Crippen LogP contribution in [-0.4, -0.2) is 17.9 Å². The van der Waals surface area contributed by atoms with Gasteiger partial charge >= 0.3 is 10.4 Å². The second-order valence-corrected chi connectivity index (χ2v) is 3.67. The fourth-order valence-corrected chi connectivity index (χ4v) is 1.22. The molecule has 1 aromatic rings. The molecule has 0 heterocycles. The Bertz CT molecular complexity index is 468. The van der Waals surface area contributed by atoms with Crippen LogP contribution in [-0.2, 0) is 21.2 Å². The first-order valence-electron chi connectivity index (χ1n) is 3.74. The normalized spacial score (nSPS) is 11.3. The molecule has 0 radical (unpaired) electrons. The topological polar surface area (TPSA) is 107 Å². The van der Waals surface area contributed by atoms with Crippen molar-refractivity contribution in [3.05, 3.63) is 39.9 Å². The molecule has 7 nitrogen and oxygen atoms in total. The lowest BCUT2D eigenvalue weighted by molar-refractivity contribution is -0.385. The molecule has 15 heavy (non-hydrogen) atoms. The maximum atomic E-state index is 10.5. The van der Waals surface area contributed by atoms with E-state index in [9.17, 15) is 18.5 Å². The van der Waals surface area contributed by atoms with Gasteiger partial charge < -0.3 is 0 Å². The van der Waals surface area contributed by atoms with Crippen LogP contribution in [0.4, 0.5) is 5.69 Å². The molecule has 0 bridgehead atoms. The van der Waals surface area contributed by atoms with Crippen molar-refractivity contribution in [3.63, 3.8) is 0 Å². The van der Waals surface area contributed by atoms with Gasteiger partial charge in [0.2, 0.25) is 0 Å². The lowest BCUT2D eigenvalue weighted by Crippen LogP contribution is -2.05. The van der Waals surface area contributed by atoms with E-state index in [-0.39, 0.29) is 11.3 Å². The molecule has 0 spiro atoms. The van der Waals surface area contributed by atoms with Gasteiger partial charge in [0, 0.05) is 6.07 Å². The quantitative estimate of drug-likeness (QED) is 0.470. The lowest BCUT2D eigenvalue weighted by atomic mass is 10.2. The van der Waals surface area contributed by atoms with Crippen LogP contribution in [0.3, 0.4) is 0 Å². The minimum absolute atomic E-state index is 0.0696. The summed E-state index contributed by atoms with van der Waals surface area (Å²) >= 11 is 0. The first-order valence-corrected chi connectivity index (χ1v) is 5.11. The summed E-state index contributed by atoms with van der Waals surface area (Å²) in [5.74, 6) is 0. The molecule has 0 fully saturated rings. The number of nitro groups is 1. The van der Waals surface area contributed by atoms with Crippen molar-refractivity contribution in [2.24, 2.45) is 0 Å². The van der Waals surface area contributed by atoms with Crippen LogP contribution in [0.15, 0.2) is 24.3 Å². The van der Waals surface area contributed by atoms with Crippen molar-refractivity contribution in [1.29, 1.82) is 0 Å². The van der Waals surface area contributed by atoms with Gasteiger partial charge in [-0.25, -0.2) is 4.18 Å². The molecule has 82 valence electrons. The standard InChI is InChI=1S/C7H7NO6S/c9-8(10)7-4-2-1-3-6(7)5-14-15(11,12)13/h1-4H,5H2,(H,11,12,13). The highest BCUT2D eigenvalue weighted by Crippen LogP contribution is 2.18. The highest BCUT2D eigenvalue weighted by molar-refractivity contribution is 7.80. The van der Waals surface area contributed by atoms with E-state index in [1.807, 2.05) is 0 Å². The van der Waals surface area contributed by atoms with Gasteiger partial charge in [-0.15, -0.1) is 0 Å². The van der Waals surface area contributed by atoms with Crippen LogP contribution in [0.25, 0.3) is 0 Å². The summed E-state index contributed by atoms with van der Waals surface area (Å²) in [5, 5.41) is 10.5. The fourth-order valence-electron chi connectivity index (χ4n) is 0.949. The van der Waals surface area contributed by atoms with Crippen LogP contribution in [0.5, 0.6) is 0 Å². The van der Waals surface area contributed by atoms with Crippen molar-refractivity contribution < 1.29 is 22.1 Å². The summed E-state index contributed by atoms with van der Waals surface area (Å²) in [6.45, 7) is -0.573. The van der Waals surface area contributed by atoms with Gasteiger partial charge in [0.05, 0.1) is 10.5 Å². The number of hydrogen-bond acceptors (Lipinski definition) is 5. The Hall–Kier alpha value is -1.51. The zero-order chi connectivity index (χ0) is 11.5. The van der Waals surface area contributed by atoms with Crippen molar-refractivity contribution >= 4 is 16.1 Å². The Morgan fingerprint density at radius 3 is 2.53 bits per heavy atom. The largest absolute Gasteiger partial charge is 0.397 e. The van der Waals surface area contributed by atoms with Crippen molar-refractivity contribution in [1.82, 2.24) is 0 Å². The summed E-state index contributed by atoms with van der Waals surface area (Å²) in [6.07, 6.45) is 0. The number of rotatable bonds is 4. The predicted molar refractivity (Wildman–Crippen MR) is 49.4 cm³/mol. The van der Waals surface area contributed by atoms with Gasteiger partial charge in [0.15, 0.2) is 0 Å². The molecule has 0 amide bonds. The van der Waals surface area contributed by atoms with Gasteiger partial charge in [0.1, 0.15) is 6.61 Å². The van der Waals surface area contributed by atoms with Gasteiger partial charge in [-0.3, -0.25) is 14.7 Å². The molecule has 1 N–H and O–H groups in total. The number of benzene rings is 1. The second kappa shape index (κ2) is 4.34. The summed E-state index contributed by atoms with van der Waals surface area (Å²) in [6, 6.07) is 5.48. The molecule has 8 heteroatoms. The fraction of sp³-hybridized carbons (Fsp3) is 0.143. The number of hydrogen-bond donors (Lipinski definition) is 1. The zero-order valence-electron chi connectivity index (χ0n) is 7.36. The van der Waals surface area contributed by atoms with Crippen molar-refractivity contribution in [2.45, 2.75) is 6.61 Å². The van der Waals surface area contributed by atoms with E-state index in [0.717, 1.165) is 0 Å². The number of nitrogens with zero attached hydrogens (tertiary/aromatic N) is 1. The summed E-state index contributed by atoms with van der Waals surface area (Å²) in [7, 11) is -4.59. The summed E-state index contributed by atoms with van der Waals surface area (Å²) < 4.78 is 32.8. The Balaban J connectivity index is 2.90. The smallest absolute Gasteiger partial charge is 0.264 e. The SMILES string of the molecule is O=[N+]([O-])c1ccccc1COS(=O)(=O)O. The highest BCUT2D eigenvalue weighted by atomic mass is 32.3. The minimum atomic E-state index is -4.59. The summed E-state index contributed by atoms with van der Waals surface area (Å²) in [4.78, 5) is 9.82. The third kappa shape index (κ3) is 3.62. The van der Waals surface area contributed by atoms with E-state index in [1.54, 1.807) is 0 Å². The van der Waals surface area contributed by atoms with Crippen LogP contribution in [0.1, 0.15) is 5.56 Å². The average Bonchev–Trinajstić information content (AvgIpc) is 2.14. The first kappa shape index (κ1) is 11.6. The molecule has 0 aliphatic carbocycles. The van der Waals surface area contributed by atoms with Gasteiger partial charge in [-0.1, -0.05) is 12.1 Å². The van der Waals surface area contributed by atoms with E-state index in [0.29, 0.717) is 0 Å². The maximum absolute atomic E-state index is 10.5. The van der Waals surface area contributed by atoms with Crippen molar-refractivity contribution in [2.75, 3.05) is 0 Å². The Morgan fingerprint density at radius 1 is 1.40 bits per heavy atom. The molecule has 0 atom stereocenters. The number of para-hydroxylation sites is 1. The molecule has 0 aromatic heterocycles. The van der Waals surface area contributed by atoms with Crippen LogP contribution in [0.2, 0.25) is 0 Å². The Kier molecular flexibility index (Phi) is 3.35. The Morgan fingerprint density at radius 2 is 2.00 bits per heavy atom. The van der Waals surface area contributed by atoms with E-state index in [4.69, 9.17) is 4.55 Å². The van der Waals surface area contributed by atoms with Crippen LogP contribution < -0.4 is 0 Å². The average molecular weight is 233 g/mol. The third-order valence-electron chi connectivity index (χ3n) is 1.55. The van der Waals surface area contributed by atoms with E-state index in [2.05, 4.69) is 4.18 Å². The van der Waals surface area contributed by atoms with E-state index < -0.39 is 21.9 Å². The van der Waals surface area contributed by atoms with Crippen molar-refractivity contribution in [3.8, 4) is 0 Å². The number of nitro benzene ring substituents is 1. The molecule has 0 saturated heterocycles. The molecule has 0 unspecified atom stereocenters. The second-order valence-electron chi connectivity index (χ2n) is 2.58. The molecule has 0 saturated carbocycles. The Labute approximate surface area is 85.4 Å². The van der Waals surface area contributed by atoms with Gasteiger partial charge in [0.25, 0.3) is 5.69 Å².